The second kappa shape index (κ2) is 9.52. The summed E-state index contributed by atoms with van der Waals surface area (Å²) < 4.78 is 5.12. The number of rotatable bonds is 8. The third-order valence-corrected chi connectivity index (χ3v) is 3.02. The second-order valence-corrected chi connectivity index (χ2v) is 4.93. The number of hydrazone groups is 1. The highest BCUT2D eigenvalue weighted by Gasteiger charge is 2.07. The molecule has 0 saturated carbocycles. The van der Waals surface area contributed by atoms with Gasteiger partial charge in [-0.3, -0.25) is 14.6 Å². The zero-order valence-electron chi connectivity index (χ0n) is 13.6. The molecule has 134 valence electrons. The molecule has 2 amide bonds. The lowest BCUT2D eigenvalue weighted by molar-refractivity contribution is -0.139. The third kappa shape index (κ3) is 6.04. The van der Waals surface area contributed by atoms with Crippen LogP contribution in [0.1, 0.15) is 15.9 Å². The van der Waals surface area contributed by atoms with Crippen molar-refractivity contribution in [2.75, 3.05) is 13.2 Å². The number of hydrogen-bond donors (Lipinski definition) is 3. The molecule has 26 heavy (non-hydrogen) atoms. The van der Waals surface area contributed by atoms with Crippen LogP contribution in [0.4, 0.5) is 0 Å². The molecule has 2 rings (SSSR count). The van der Waals surface area contributed by atoms with Gasteiger partial charge in [0, 0.05) is 23.5 Å². The van der Waals surface area contributed by atoms with Crippen molar-refractivity contribution >= 4 is 24.0 Å². The first-order valence-corrected chi connectivity index (χ1v) is 7.50. The maximum atomic E-state index is 11.8. The summed E-state index contributed by atoms with van der Waals surface area (Å²) in [6.45, 7) is -0.742. The van der Waals surface area contributed by atoms with Crippen molar-refractivity contribution in [3.63, 3.8) is 0 Å². The molecule has 0 aliphatic rings. The van der Waals surface area contributed by atoms with Gasteiger partial charge in [-0.2, -0.15) is 5.10 Å². The highest BCUT2D eigenvalue weighted by atomic mass is 16.5. The van der Waals surface area contributed by atoms with Crippen molar-refractivity contribution in [2.24, 2.45) is 5.10 Å². The summed E-state index contributed by atoms with van der Waals surface area (Å²) in [6, 6.07) is 9.69. The molecule has 0 radical (unpaired) electrons. The molecule has 1 aromatic heterocycles. The number of ether oxygens (including phenoxy) is 1. The van der Waals surface area contributed by atoms with Crippen LogP contribution in [0.5, 0.6) is 5.75 Å². The van der Waals surface area contributed by atoms with Crippen LogP contribution in [0.3, 0.4) is 0 Å². The molecule has 1 aromatic carbocycles. The van der Waals surface area contributed by atoms with Crippen molar-refractivity contribution in [1.29, 1.82) is 0 Å². The minimum Gasteiger partial charge on any atom is -0.481 e. The number of hydrogen-bond acceptors (Lipinski definition) is 6. The summed E-state index contributed by atoms with van der Waals surface area (Å²) >= 11 is 0. The Bertz CT molecular complexity index is 808. The van der Waals surface area contributed by atoms with E-state index in [1.54, 1.807) is 24.3 Å². The topological polar surface area (TPSA) is 130 Å². The predicted octanol–water partition coefficient (Wildman–Crippen LogP) is 0.425. The molecular formula is C17H16N4O5. The quantitative estimate of drug-likeness (QED) is 0.464. The van der Waals surface area contributed by atoms with E-state index in [0.29, 0.717) is 16.9 Å². The summed E-state index contributed by atoms with van der Waals surface area (Å²) in [5.41, 5.74) is 3.15. The lowest BCUT2D eigenvalue weighted by Crippen LogP contribution is -2.34. The zero-order chi connectivity index (χ0) is 18.8. The van der Waals surface area contributed by atoms with Crippen molar-refractivity contribution in [3.8, 4) is 5.75 Å². The number of para-hydroxylation sites is 1. The average Bonchev–Trinajstić information content (AvgIpc) is 2.66. The Morgan fingerprint density at radius 1 is 1.15 bits per heavy atom. The van der Waals surface area contributed by atoms with Crippen LogP contribution in [0.15, 0.2) is 53.9 Å². The van der Waals surface area contributed by atoms with Gasteiger partial charge in [0.1, 0.15) is 5.75 Å². The van der Waals surface area contributed by atoms with E-state index >= 15 is 0 Å². The van der Waals surface area contributed by atoms with Crippen LogP contribution in [0, 0.1) is 0 Å². The Labute approximate surface area is 148 Å². The van der Waals surface area contributed by atoms with Crippen LogP contribution in [0.2, 0.25) is 0 Å². The number of carboxylic acid groups (broad SMARTS) is 1. The highest BCUT2D eigenvalue weighted by molar-refractivity contribution is 5.96. The van der Waals surface area contributed by atoms with Gasteiger partial charge < -0.3 is 15.2 Å². The Morgan fingerprint density at radius 3 is 2.62 bits per heavy atom. The molecule has 0 aliphatic heterocycles. The van der Waals surface area contributed by atoms with E-state index in [2.05, 4.69) is 20.8 Å². The molecule has 1 heterocycles. The fourth-order valence-electron chi connectivity index (χ4n) is 1.84. The van der Waals surface area contributed by atoms with E-state index in [1.807, 2.05) is 0 Å². The first-order chi connectivity index (χ1) is 12.6. The van der Waals surface area contributed by atoms with Gasteiger partial charge in [0.15, 0.2) is 6.61 Å². The lowest BCUT2D eigenvalue weighted by Gasteiger charge is -2.06. The SMILES string of the molecule is O=C(O)COc1ccccc1/C=N/NC(=O)CNC(=O)c1ccncc1. The Balaban J connectivity index is 1.83. The summed E-state index contributed by atoms with van der Waals surface area (Å²) in [5, 5.41) is 14.9. The monoisotopic (exact) mass is 356 g/mol. The fourth-order valence-corrected chi connectivity index (χ4v) is 1.84. The summed E-state index contributed by atoms with van der Waals surface area (Å²) in [6.07, 6.45) is 4.27. The first kappa shape index (κ1) is 18.6. The number of carboxylic acids is 1. The van der Waals surface area contributed by atoms with Gasteiger partial charge in [-0.25, -0.2) is 10.2 Å². The molecule has 2 aromatic rings. The number of nitrogens with zero attached hydrogens (tertiary/aromatic N) is 2. The van der Waals surface area contributed by atoms with Crippen LogP contribution in [-0.4, -0.2) is 47.2 Å². The van der Waals surface area contributed by atoms with E-state index < -0.39 is 24.4 Å². The molecule has 0 atom stereocenters. The molecule has 9 nitrogen and oxygen atoms in total. The Morgan fingerprint density at radius 2 is 1.88 bits per heavy atom. The first-order valence-electron chi connectivity index (χ1n) is 7.50. The van der Waals surface area contributed by atoms with Crippen LogP contribution < -0.4 is 15.5 Å². The molecule has 0 aliphatic carbocycles. The smallest absolute Gasteiger partial charge is 0.341 e. The molecular weight excluding hydrogens is 340 g/mol. The summed E-state index contributed by atoms with van der Waals surface area (Å²) in [7, 11) is 0. The number of pyridine rings is 1. The normalized spacial score (nSPS) is 10.3. The van der Waals surface area contributed by atoms with Crippen molar-refractivity contribution in [2.45, 2.75) is 0 Å². The standard InChI is InChI=1S/C17H16N4O5/c22-15(10-19-17(25)12-5-7-18-8-6-12)21-20-9-13-3-1-2-4-14(13)26-11-16(23)24/h1-9H,10-11H2,(H,19,25)(H,21,22)(H,23,24)/b20-9+. The molecule has 0 bridgehead atoms. The Kier molecular flexibility index (Phi) is 6.81. The van der Waals surface area contributed by atoms with Gasteiger partial charge in [-0.05, 0) is 24.3 Å². The lowest BCUT2D eigenvalue weighted by atomic mass is 10.2. The van der Waals surface area contributed by atoms with Gasteiger partial charge in [0.05, 0.1) is 12.8 Å². The van der Waals surface area contributed by atoms with Gasteiger partial charge in [-0.1, -0.05) is 12.1 Å². The van der Waals surface area contributed by atoms with Crippen LogP contribution in [0.25, 0.3) is 0 Å². The van der Waals surface area contributed by atoms with Crippen LogP contribution in [-0.2, 0) is 9.59 Å². The molecule has 9 heteroatoms. The molecule has 3 N–H and O–H groups in total. The predicted molar refractivity (Wildman–Crippen MR) is 91.9 cm³/mol. The fraction of sp³-hybridized carbons (Fsp3) is 0.118. The van der Waals surface area contributed by atoms with Crippen molar-refractivity contribution in [3.05, 3.63) is 59.9 Å². The van der Waals surface area contributed by atoms with Crippen molar-refractivity contribution < 1.29 is 24.2 Å². The van der Waals surface area contributed by atoms with E-state index in [-0.39, 0.29) is 6.54 Å². The van der Waals surface area contributed by atoms with Gasteiger partial charge >= 0.3 is 5.97 Å². The minimum atomic E-state index is -1.10. The molecule has 0 spiro atoms. The van der Waals surface area contributed by atoms with E-state index in [9.17, 15) is 14.4 Å². The zero-order valence-corrected chi connectivity index (χ0v) is 13.6. The average molecular weight is 356 g/mol. The maximum absolute atomic E-state index is 11.8. The second-order valence-electron chi connectivity index (χ2n) is 4.93. The number of nitrogens with one attached hydrogen (secondary N) is 2. The number of amides is 2. The van der Waals surface area contributed by atoms with Gasteiger partial charge in [0.25, 0.3) is 11.8 Å². The number of carbonyl (C=O) groups is 3. The highest BCUT2D eigenvalue weighted by Crippen LogP contribution is 2.15. The molecule has 0 fully saturated rings. The van der Waals surface area contributed by atoms with E-state index in [4.69, 9.17) is 9.84 Å². The maximum Gasteiger partial charge on any atom is 0.341 e. The summed E-state index contributed by atoms with van der Waals surface area (Å²) in [5.74, 6) is -1.71. The Hall–Kier alpha value is -3.75. The van der Waals surface area contributed by atoms with Gasteiger partial charge in [0.2, 0.25) is 0 Å². The third-order valence-electron chi connectivity index (χ3n) is 3.02. The van der Waals surface area contributed by atoms with E-state index in [0.717, 1.165) is 0 Å². The molecule has 0 saturated heterocycles. The minimum absolute atomic E-state index is 0.254. The van der Waals surface area contributed by atoms with Crippen molar-refractivity contribution in [1.82, 2.24) is 15.7 Å². The van der Waals surface area contributed by atoms with Crippen LogP contribution >= 0.6 is 0 Å². The molecule has 0 unspecified atom stereocenters. The van der Waals surface area contributed by atoms with E-state index in [1.165, 1.54) is 30.7 Å². The number of carbonyl (C=O) groups excluding carboxylic acids is 2. The largest absolute Gasteiger partial charge is 0.481 e. The number of benzene rings is 1. The summed E-state index contributed by atoms with van der Waals surface area (Å²) in [4.78, 5) is 37.9. The number of aliphatic carboxylic acids is 1. The van der Waals surface area contributed by atoms with Gasteiger partial charge in [-0.15, -0.1) is 0 Å². The number of aromatic nitrogens is 1.